The lowest BCUT2D eigenvalue weighted by atomic mass is 10.1. The number of hydrogen-bond acceptors (Lipinski definition) is 6. The zero-order valence-corrected chi connectivity index (χ0v) is 16.4. The van der Waals surface area contributed by atoms with Crippen LogP contribution in [0.15, 0.2) is 6.07 Å². The number of aryl methyl sites for hydroxylation is 1. The van der Waals surface area contributed by atoms with Gasteiger partial charge in [0.25, 0.3) is 0 Å². The lowest BCUT2D eigenvalue weighted by Crippen LogP contribution is -2.51. The van der Waals surface area contributed by atoms with E-state index in [-0.39, 0.29) is 29.9 Å². The molecule has 0 saturated carbocycles. The number of anilines is 1. The third kappa shape index (κ3) is 4.95. The van der Waals surface area contributed by atoms with E-state index in [4.69, 9.17) is 4.74 Å². The van der Waals surface area contributed by atoms with Crippen molar-refractivity contribution in [3.05, 3.63) is 17.5 Å². The maximum Gasteiger partial charge on any atom is 0.433 e. The number of hydrogen-bond donors (Lipinski definition) is 0. The van der Waals surface area contributed by atoms with Crippen LogP contribution in [0.2, 0.25) is 0 Å². The van der Waals surface area contributed by atoms with Crippen molar-refractivity contribution in [1.82, 2.24) is 19.8 Å². The molecule has 2 fully saturated rings. The van der Waals surface area contributed by atoms with Gasteiger partial charge < -0.3 is 19.4 Å². The fraction of sp³-hybridized carbons (Fsp3) is 0.667. The van der Waals surface area contributed by atoms with E-state index in [1.54, 1.807) is 21.8 Å². The van der Waals surface area contributed by atoms with Crippen molar-refractivity contribution < 1.29 is 27.5 Å². The Balaban J connectivity index is 1.59. The molecule has 2 aliphatic heterocycles. The standard InChI is InChI=1S/C18H24F3N5O3/c1-12-9-14(18(19,20)21)23-17(22-12)25-5-3-24(4-6-25)16(28)13-10-15(27)26(11-13)7-8-29-2/h9,13H,3-8,10-11H2,1-2H3. The fourth-order valence-corrected chi connectivity index (χ4v) is 3.58. The summed E-state index contributed by atoms with van der Waals surface area (Å²) in [6.07, 6.45) is -4.36. The summed E-state index contributed by atoms with van der Waals surface area (Å²) < 4.78 is 44.0. The van der Waals surface area contributed by atoms with Gasteiger partial charge in [-0.1, -0.05) is 0 Å². The molecule has 29 heavy (non-hydrogen) atoms. The highest BCUT2D eigenvalue weighted by molar-refractivity contribution is 5.89. The molecular formula is C18H24F3N5O3. The number of methoxy groups -OCH3 is 1. The van der Waals surface area contributed by atoms with E-state index < -0.39 is 17.8 Å². The number of ether oxygens (including phenoxy) is 1. The minimum atomic E-state index is -4.54. The van der Waals surface area contributed by atoms with Crippen LogP contribution in [0.4, 0.5) is 19.1 Å². The molecule has 1 aromatic heterocycles. The van der Waals surface area contributed by atoms with Gasteiger partial charge in [0.05, 0.1) is 12.5 Å². The minimum absolute atomic E-state index is 0.0196. The number of carbonyl (C=O) groups excluding carboxylic acids is 2. The Hall–Kier alpha value is -2.43. The summed E-state index contributed by atoms with van der Waals surface area (Å²) in [5.74, 6) is -0.532. The molecule has 3 heterocycles. The molecule has 1 aromatic rings. The number of aromatic nitrogens is 2. The first kappa shape index (κ1) is 21.3. The molecule has 2 saturated heterocycles. The monoisotopic (exact) mass is 415 g/mol. The van der Waals surface area contributed by atoms with Crippen molar-refractivity contribution in [2.75, 3.05) is 57.9 Å². The minimum Gasteiger partial charge on any atom is -0.383 e. The molecule has 0 bridgehead atoms. The number of nitrogens with zero attached hydrogens (tertiary/aromatic N) is 5. The molecule has 3 rings (SSSR count). The number of alkyl halides is 3. The molecule has 0 N–H and O–H groups in total. The van der Waals surface area contributed by atoms with Crippen LogP contribution in [0.25, 0.3) is 0 Å². The number of likely N-dealkylation sites (tertiary alicyclic amines) is 1. The predicted molar refractivity (Wildman–Crippen MR) is 97.1 cm³/mol. The summed E-state index contributed by atoms with van der Waals surface area (Å²) in [7, 11) is 1.55. The van der Waals surface area contributed by atoms with E-state index in [9.17, 15) is 22.8 Å². The van der Waals surface area contributed by atoms with E-state index in [1.807, 2.05) is 0 Å². The highest BCUT2D eigenvalue weighted by Crippen LogP contribution is 2.29. The third-order valence-corrected chi connectivity index (χ3v) is 5.14. The molecule has 2 amide bonds. The van der Waals surface area contributed by atoms with Crippen molar-refractivity contribution in [2.45, 2.75) is 19.5 Å². The van der Waals surface area contributed by atoms with Crippen LogP contribution >= 0.6 is 0 Å². The zero-order chi connectivity index (χ0) is 21.2. The summed E-state index contributed by atoms with van der Waals surface area (Å²) in [5.41, 5.74) is -0.736. The molecule has 0 radical (unpaired) electrons. The third-order valence-electron chi connectivity index (χ3n) is 5.14. The quantitative estimate of drug-likeness (QED) is 0.713. The summed E-state index contributed by atoms with van der Waals surface area (Å²) in [5, 5.41) is 0. The van der Waals surface area contributed by atoms with Crippen LogP contribution in [0.1, 0.15) is 17.8 Å². The second kappa shape index (κ2) is 8.52. The predicted octanol–water partition coefficient (Wildman–Crippen LogP) is 0.947. The Morgan fingerprint density at radius 3 is 2.55 bits per heavy atom. The molecule has 1 atom stereocenters. The van der Waals surface area contributed by atoms with Gasteiger partial charge in [-0.05, 0) is 13.0 Å². The largest absolute Gasteiger partial charge is 0.433 e. The Morgan fingerprint density at radius 1 is 1.24 bits per heavy atom. The summed E-state index contributed by atoms with van der Waals surface area (Å²) >= 11 is 0. The first-order chi connectivity index (χ1) is 13.7. The van der Waals surface area contributed by atoms with Crippen molar-refractivity contribution in [3.8, 4) is 0 Å². The van der Waals surface area contributed by atoms with Gasteiger partial charge in [0.1, 0.15) is 5.69 Å². The van der Waals surface area contributed by atoms with Gasteiger partial charge in [0.15, 0.2) is 0 Å². The lowest BCUT2D eigenvalue weighted by molar-refractivity contribution is -0.141. The molecule has 2 aliphatic rings. The molecule has 1 unspecified atom stereocenters. The number of carbonyl (C=O) groups is 2. The molecule has 8 nitrogen and oxygen atoms in total. The van der Waals surface area contributed by atoms with Gasteiger partial charge in [-0.3, -0.25) is 9.59 Å². The molecule has 160 valence electrons. The van der Waals surface area contributed by atoms with Crippen LogP contribution in [-0.4, -0.2) is 84.6 Å². The maximum absolute atomic E-state index is 13.0. The van der Waals surface area contributed by atoms with Gasteiger partial charge in [0, 0.05) is 58.5 Å². The number of halogens is 3. The average Bonchev–Trinajstić information content (AvgIpc) is 3.05. The second-order valence-electron chi connectivity index (χ2n) is 7.24. The topological polar surface area (TPSA) is 78.9 Å². The lowest BCUT2D eigenvalue weighted by Gasteiger charge is -2.36. The van der Waals surface area contributed by atoms with Crippen LogP contribution in [0.5, 0.6) is 0 Å². The van der Waals surface area contributed by atoms with E-state index in [0.717, 1.165) is 6.07 Å². The molecule has 0 aliphatic carbocycles. The molecular weight excluding hydrogens is 391 g/mol. The van der Waals surface area contributed by atoms with Gasteiger partial charge in [-0.25, -0.2) is 9.97 Å². The number of rotatable bonds is 5. The zero-order valence-electron chi connectivity index (χ0n) is 16.4. The smallest absolute Gasteiger partial charge is 0.383 e. The van der Waals surface area contributed by atoms with Crippen LogP contribution in [-0.2, 0) is 20.5 Å². The van der Waals surface area contributed by atoms with Crippen LogP contribution in [0, 0.1) is 12.8 Å². The van der Waals surface area contributed by atoms with Crippen LogP contribution < -0.4 is 4.90 Å². The highest BCUT2D eigenvalue weighted by Gasteiger charge is 2.38. The van der Waals surface area contributed by atoms with Crippen molar-refractivity contribution in [3.63, 3.8) is 0 Å². The van der Waals surface area contributed by atoms with Gasteiger partial charge >= 0.3 is 6.18 Å². The molecule has 11 heteroatoms. The maximum atomic E-state index is 13.0. The molecule has 0 spiro atoms. The summed E-state index contributed by atoms with van der Waals surface area (Å²) in [4.78, 5) is 37.5. The number of piperazine rings is 1. The van der Waals surface area contributed by atoms with Gasteiger partial charge in [0.2, 0.25) is 17.8 Å². The first-order valence-electron chi connectivity index (χ1n) is 9.42. The Morgan fingerprint density at radius 2 is 1.93 bits per heavy atom. The van der Waals surface area contributed by atoms with Crippen molar-refractivity contribution >= 4 is 17.8 Å². The van der Waals surface area contributed by atoms with E-state index in [2.05, 4.69) is 9.97 Å². The Labute approximate surface area is 166 Å². The Bertz CT molecular complexity index is 766. The fourth-order valence-electron chi connectivity index (χ4n) is 3.58. The summed E-state index contributed by atoms with van der Waals surface area (Å²) in [6.45, 7) is 4.10. The normalized spacial score (nSPS) is 20.5. The first-order valence-corrected chi connectivity index (χ1v) is 9.42. The van der Waals surface area contributed by atoms with Gasteiger partial charge in [-0.15, -0.1) is 0 Å². The van der Waals surface area contributed by atoms with E-state index in [1.165, 1.54) is 6.92 Å². The highest BCUT2D eigenvalue weighted by atomic mass is 19.4. The average molecular weight is 415 g/mol. The van der Waals surface area contributed by atoms with Crippen molar-refractivity contribution in [1.29, 1.82) is 0 Å². The number of amides is 2. The SMILES string of the molecule is COCCN1CC(C(=O)N2CCN(c3nc(C)cc(C(F)(F)F)n3)CC2)CC1=O. The van der Waals surface area contributed by atoms with E-state index in [0.29, 0.717) is 45.9 Å². The summed E-state index contributed by atoms with van der Waals surface area (Å²) in [6, 6.07) is 0.912. The molecule has 0 aromatic carbocycles. The van der Waals surface area contributed by atoms with Crippen molar-refractivity contribution in [2.24, 2.45) is 5.92 Å². The van der Waals surface area contributed by atoms with E-state index >= 15 is 0 Å². The van der Waals surface area contributed by atoms with Gasteiger partial charge in [-0.2, -0.15) is 13.2 Å². The Kier molecular flexibility index (Phi) is 6.25. The second-order valence-corrected chi connectivity index (χ2v) is 7.24. The van der Waals surface area contributed by atoms with Crippen LogP contribution in [0.3, 0.4) is 0 Å².